The van der Waals surface area contributed by atoms with Crippen LogP contribution >= 0.6 is 0 Å². The number of rotatable bonds is 2. The minimum atomic E-state index is -0.345. The van der Waals surface area contributed by atoms with E-state index in [0.29, 0.717) is 0 Å². The summed E-state index contributed by atoms with van der Waals surface area (Å²) >= 11 is 0. The highest BCUT2D eigenvalue weighted by molar-refractivity contribution is 5.79. The molecule has 0 radical (unpaired) electrons. The average Bonchev–Trinajstić information content (AvgIpc) is 2.47. The van der Waals surface area contributed by atoms with Crippen LogP contribution in [0.3, 0.4) is 0 Å². The standard InChI is InChI=1S/C15H20N2O2/c1-2-17-9-8-15(12-6-4-3-5-7-12)13(10-17)19-11-14(18)16-15/h3-7,13H,2,8-11H2,1H3,(H,16,18)/t13-,15+/m1/s1. The molecule has 2 aliphatic heterocycles. The average molecular weight is 260 g/mol. The van der Waals surface area contributed by atoms with E-state index in [1.54, 1.807) is 0 Å². The Bertz CT molecular complexity index is 462. The minimum Gasteiger partial charge on any atom is -0.364 e. The maximum absolute atomic E-state index is 11.8. The van der Waals surface area contributed by atoms with Crippen molar-refractivity contribution in [1.82, 2.24) is 10.2 Å². The highest BCUT2D eigenvalue weighted by Crippen LogP contribution is 2.36. The van der Waals surface area contributed by atoms with E-state index in [1.807, 2.05) is 18.2 Å². The van der Waals surface area contributed by atoms with Crippen molar-refractivity contribution in [2.24, 2.45) is 0 Å². The summed E-state index contributed by atoms with van der Waals surface area (Å²) in [6.45, 7) is 5.24. The van der Waals surface area contributed by atoms with Crippen LogP contribution in [-0.2, 0) is 15.1 Å². The van der Waals surface area contributed by atoms with Gasteiger partial charge in [0.15, 0.2) is 0 Å². The second-order valence-corrected chi connectivity index (χ2v) is 5.33. The molecule has 1 N–H and O–H groups in total. The fourth-order valence-corrected chi connectivity index (χ4v) is 3.20. The van der Waals surface area contributed by atoms with E-state index in [0.717, 1.165) is 31.6 Å². The van der Waals surface area contributed by atoms with Crippen LogP contribution in [0.2, 0.25) is 0 Å². The van der Waals surface area contributed by atoms with Crippen molar-refractivity contribution in [3.63, 3.8) is 0 Å². The Morgan fingerprint density at radius 2 is 2.21 bits per heavy atom. The molecule has 2 atom stereocenters. The Morgan fingerprint density at radius 3 is 2.95 bits per heavy atom. The first kappa shape index (κ1) is 12.6. The number of hydrogen-bond donors (Lipinski definition) is 1. The Labute approximate surface area is 113 Å². The molecule has 0 aromatic heterocycles. The number of nitrogens with zero attached hydrogens (tertiary/aromatic N) is 1. The zero-order valence-corrected chi connectivity index (χ0v) is 11.3. The molecule has 102 valence electrons. The SMILES string of the molecule is CCN1CC[C@@]2(c3ccccc3)NC(=O)CO[C@@H]2C1. The highest BCUT2D eigenvalue weighted by atomic mass is 16.5. The molecule has 19 heavy (non-hydrogen) atoms. The normalized spacial score (nSPS) is 31.6. The molecule has 1 amide bonds. The molecule has 1 aromatic carbocycles. The van der Waals surface area contributed by atoms with Crippen LogP contribution in [0.25, 0.3) is 0 Å². The molecule has 0 aliphatic carbocycles. The number of nitrogens with one attached hydrogen (secondary N) is 1. The zero-order chi connectivity index (χ0) is 13.3. The summed E-state index contributed by atoms with van der Waals surface area (Å²) in [7, 11) is 0. The van der Waals surface area contributed by atoms with Gasteiger partial charge < -0.3 is 15.0 Å². The highest BCUT2D eigenvalue weighted by Gasteiger charge is 2.48. The molecular weight excluding hydrogens is 240 g/mol. The fraction of sp³-hybridized carbons (Fsp3) is 0.533. The van der Waals surface area contributed by atoms with Gasteiger partial charge in [0.05, 0.1) is 11.6 Å². The van der Waals surface area contributed by atoms with Gasteiger partial charge in [-0.05, 0) is 18.5 Å². The van der Waals surface area contributed by atoms with Crippen LogP contribution in [0.15, 0.2) is 30.3 Å². The first-order chi connectivity index (χ1) is 9.24. The number of benzene rings is 1. The number of ether oxygens (including phenoxy) is 1. The molecule has 0 unspecified atom stereocenters. The number of carbonyl (C=O) groups is 1. The number of morpholine rings is 1. The molecule has 2 fully saturated rings. The van der Waals surface area contributed by atoms with Crippen molar-refractivity contribution >= 4 is 5.91 Å². The number of likely N-dealkylation sites (N-methyl/N-ethyl adjacent to an activating group) is 1. The molecule has 0 bridgehead atoms. The molecule has 2 aliphatic rings. The lowest BCUT2D eigenvalue weighted by atomic mass is 9.77. The Kier molecular flexibility index (Phi) is 3.29. The van der Waals surface area contributed by atoms with Gasteiger partial charge in [-0.1, -0.05) is 37.3 Å². The van der Waals surface area contributed by atoms with Gasteiger partial charge in [-0.25, -0.2) is 0 Å². The van der Waals surface area contributed by atoms with Crippen molar-refractivity contribution in [3.8, 4) is 0 Å². The van der Waals surface area contributed by atoms with Crippen molar-refractivity contribution in [3.05, 3.63) is 35.9 Å². The number of amides is 1. The van der Waals surface area contributed by atoms with Gasteiger partial charge in [-0.3, -0.25) is 4.79 Å². The predicted molar refractivity (Wildman–Crippen MR) is 72.7 cm³/mol. The van der Waals surface area contributed by atoms with Crippen LogP contribution in [0.5, 0.6) is 0 Å². The molecule has 0 spiro atoms. The van der Waals surface area contributed by atoms with Crippen LogP contribution in [0.1, 0.15) is 18.9 Å². The number of carbonyl (C=O) groups excluding carboxylic acids is 1. The van der Waals surface area contributed by atoms with Crippen molar-refractivity contribution in [2.45, 2.75) is 25.0 Å². The lowest BCUT2D eigenvalue weighted by Crippen LogP contribution is -2.66. The molecule has 0 saturated carbocycles. The molecule has 4 nitrogen and oxygen atoms in total. The van der Waals surface area contributed by atoms with Crippen molar-refractivity contribution in [2.75, 3.05) is 26.2 Å². The van der Waals surface area contributed by atoms with E-state index in [4.69, 9.17) is 4.74 Å². The topological polar surface area (TPSA) is 41.6 Å². The Balaban J connectivity index is 1.96. The van der Waals surface area contributed by atoms with Gasteiger partial charge in [-0.15, -0.1) is 0 Å². The second kappa shape index (κ2) is 4.94. The minimum absolute atomic E-state index is 0.00921. The van der Waals surface area contributed by atoms with Gasteiger partial charge in [0.1, 0.15) is 6.61 Å². The smallest absolute Gasteiger partial charge is 0.246 e. The quantitative estimate of drug-likeness (QED) is 0.866. The summed E-state index contributed by atoms with van der Waals surface area (Å²) in [6, 6.07) is 10.2. The lowest BCUT2D eigenvalue weighted by molar-refractivity contribution is -0.152. The maximum Gasteiger partial charge on any atom is 0.246 e. The summed E-state index contributed by atoms with van der Waals surface area (Å²) in [5, 5.41) is 3.20. The molecule has 1 aromatic rings. The number of fused-ring (bicyclic) bond motifs is 1. The van der Waals surface area contributed by atoms with E-state index in [1.165, 1.54) is 0 Å². The third kappa shape index (κ3) is 2.15. The first-order valence-corrected chi connectivity index (χ1v) is 6.95. The number of piperidine rings is 1. The fourth-order valence-electron chi connectivity index (χ4n) is 3.20. The van der Waals surface area contributed by atoms with E-state index in [-0.39, 0.29) is 24.2 Å². The summed E-state index contributed by atoms with van der Waals surface area (Å²) in [4.78, 5) is 14.2. The third-order valence-electron chi connectivity index (χ3n) is 4.31. The molecule has 2 heterocycles. The Hall–Kier alpha value is -1.39. The third-order valence-corrected chi connectivity index (χ3v) is 4.31. The summed E-state index contributed by atoms with van der Waals surface area (Å²) in [5.74, 6) is -0.00921. The number of hydrogen-bond acceptors (Lipinski definition) is 3. The second-order valence-electron chi connectivity index (χ2n) is 5.33. The number of likely N-dealkylation sites (tertiary alicyclic amines) is 1. The van der Waals surface area contributed by atoms with Gasteiger partial charge in [0, 0.05) is 13.1 Å². The maximum atomic E-state index is 11.8. The Morgan fingerprint density at radius 1 is 1.42 bits per heavy atom. The van der Waals surface area contributed by atoms with E-state index >= 15 is 0 Å². The molecule has 3 rings (SSSR count). The molecule has 2 saturated heterocycles. The molecule has 4 heteroatoms. The summed E-state index contributed by atoms with van der Waals surface area (Å²) < 4.78 is 5.83. The summed E-state index contributed by atoms with van der Waals surface area (Å²) in [5.41, 5.74) is 0.811. The monoisotopic (exact) mass is 260 g/mol. The van der Waals surface area contributed by atoms with Crippen LogP contribution in [-0.4, -0.2) is 43.2 Å². The van der Waals surface area contributed by atoms with Gasteiger partial charge in [0.25, 0.3) is 0 Å². The van der Waals surface area contributed by atoms with Crippen LogP contribution < -0.4 is 5.32 Å². The first-order valence-electron chi connectivity index (χ1n) is 6.95. The predicted octanol–water partition coefficient (Wildman–Crippen LogP) is 1.12. The van der Waals surface area contributed by atoms with E-state index in [2.05, 4.69) is 29.3 Å². The van der Waals surface area contributed by atoms with Crippen LogP contribution in [0, 0.1) is 0 Å². The molecular formula is C15H20N2O2. The zero-order valence-electron chi connectivity index (χ0n) is 11.3. The van der Waals surface area contributed by atoms with Crippen molar-refractivity contribution < 1.29 is 9.53 Å². The van der Waals surface area contributed by atoms with E-state index < -0.39 is 0 Å². The van der Waals surface area contributed by atoms with Gasteiger partial charge in [-0.2, -0.15) is 0 Å². The lowest BCUT2D eigenvalue weighted by Gasteiger charge is -2.50. The summed E-state index contributed by atoms with van der Waals surface area (Å²) in [6.07, 6.45) is 0.947. The largest absolute Gasteiger partial charge is 0.364 e. The van der Waals surface area contributed by atoms with Crippen LogP contribution in [0.4, 0.5) is 0 Å². The van der Waals surface area contributed by atoms with Gasteiger partial charge in [0.2, 0.25) is 5.91 Å². The van der Waals surface area contributed by atoms with Crippen molar-refractivity contribution in [1.29, 1.82) is 0 Å². The van der Waals surface area contributed by atoms with Gasteiger partial charge >= 0.3 is 0 Å². The van der Waals surface area contributed by atoms with E-state index in [9.17, 15) is 4.79 Å².